The molecule has 7 heteroatoms. The molecule has 24 heavy (non-hydrogen) atoms. The van der Waals surface area contributed by atoms with Crippen molar-refractivity contribution >= 4 is 40.3 Å². The molecular weight excluding hydrogens is 423 g/mol. The van der Waals surface area contributed by atoms with Crippen LogP contribution < -0.4 is 5.32 Å². The minimum atomic E-state index is -0.867. The van der Waals surface area contributed by atoms with Crippen molar-refractivity contribution in [3.8, 4) is 0 Å². The van der Waals surface area contributed by atoms with Gasteiger partial charge in [0.25, 0.3) is 5.91 Å². The van der Waals surface area contributed by atoms with Gasteiger partial charge in [-0.2, -0.15) is 0 Å². The molecular formula is C17H19IN2O4. The Morgan fingerprint density at radius 2 is 2.04 bits per heavy atom. The number of nitrogens with one attached hydrogen (secondary N) is 1. The van der Waals surface area contributed by atoms with Crippen molar-refractivity contribution in [1.29, 1.82) is 0 Å². The molecule has 1 atom stereocenters. The van der Waals surface area contributed by atoms with Crippen molar-refractivity contribution in [3.63, 3.8) is 0 Å². The highest BCUT2D eigenvalue weighted by molar-refractivity contribution is 14.1. The molecule has 6 nitrogen and oxygen atoms in total. The number of carbonyl (C=O) groups excluding carboxylic acids is 2. The van der Waals surface area contributed by atoms with Crippen LogP contribution in [0.15, 0.2) is 34.9 Å². The molecule has 2 aromatic rings. The van der Waals surface area contributed by atoms with Crippen LogP contribution >= 0.6 is 22.6 Å². The molecule has 128 valence electrons. The number of ether oxygens (including phenoxy) is 1. The summed E-state index contributed by atoms with van der Waals surface area (Å²) in [4.78, 5) is 24.6. The number of halogens is 1. The van der Waals surface area contributed by atoms with Gasteiger partial charge in [0, 0.05) is 9.64 Å². The number of hydrogen-bond donors (Lipinski definition) is 1. The Labute approximate surface area is 154 Å². The summed E-state index contributed by atoms with van der Waals surface area (Å²) in [5, 5.41) is 6.33. The summed E-state index contributed by atoms with van der Waals surface area (Å²) in [6.07, 6.45) is 1.26. The Morgan fingerprint density at radius 3 is 2.62 bits per heavy atom. The molecule has 0 aliphatic rings. The van der Waals surface area contributed by atoms with E-state index in [9.17, 15) is 9.59 Å². The Balaban J connectivity index is 2.04. The van der Waals surface area contributed by atoms with Gasteiger partial charge in [0.15, 0.2) is 11.9 Å². The lowest BCUT2D eigenvalue weighted by Crippen LogP contribution is -2.32. The van der Waals surface area contributed by atoms with E-state index in [0.717, 1.165) is 16.4 Å². The lowest BCUT2D eigenvalue weighted by atomic mass is 10.1. The fourth-order valence-corrected chi connectivity index (χ4v) is 2.41. The number of benzene rings is 1. The normalized spacial score (nSPS) is 11.8. The van der Waals surface area contributed by atoms with Crippen LogP contribution in [-0.2, 0) is 9.53 Å². The van der Waals surface area contributed by atoms with Crippen molar-refractivity contribution < 1.29 is 18.8 Å². The van der Waals surface area contributed by atoms with Gasteiger partial charge < -0.3 is 14.6 Å². The number of amides is 1. The van der Waals surface area contributed by atoms with E-state index in [2.05, 4.69) is 33.1 Å². The molecule has 1 aromatic heterocycles. The smallest absolute Gasteiger partial charge is 0.338 e. The number of carbonyl (C=O) groups is 2. The molecule has 1 unspecified atom stereocenters. The highest BCUT2D eigenvalue weighted by Crippen LogP contribution is 2.14. The monoisotopic (exact) mass is 442 g/mol. The van der Waals surface area contributed by atoms with Gasteiger partial charge in [0.2, 0.25) is 0 Å². The second-order valence-electron chi connectivity index (χ2n) is 5.36. The van der Waals surface area contributed by atoms with Crippen LogP contribution in [-0.4, -0.2) is 23.1 Å². The minimum Gasteiger partial charge on any atom is -0.449 e. The zero-order valence-electron chi connectivity index (χ0n) is 13.5. The first kappa shape index (κ1) is 18.4. The second-order valence-corrected chi connectivity index (χ2v) is 6.60. The van der Waals surface area contributed by atoms with E-state index in [1.807, 2.05) is 19.1 Å². The van der Waals surface area contributed by atoms with Crippen molar-refractivity contribution in [1.82, 2.24) is 5.16 Å². The topological polar surface area (TPSA) is 81.4 Å². The molecule has 1 N–H and O–H groups in total. The maximum atomic E-state index is 12.4. The van der Waals surface area contributed by atoms with Crippen molar-refractivity contribution in [3.05, 3.63) is 45.2 Å². The second kappa shape index (κ2) is 8.81. The maximum Gasteiger partial charge on any atom is 0.338 e. The number of aryl methyl sites for hydroxylation is 1. The van der Waals surface area contributed by atoms with Gasteiger partial charge in [-0.05, 0) is 66.6 Å². The first-order valence-corrected chi connectivity index (χ1v) is 8.78. The number of aromatic nitrogens is 1. The number of unbranched alkanes of at least 4 members (excludes halogenated alkanes) is 1. The zero-order valence-corrected chi connectivity index (χ0v) is 15.7. The molecule has 1 heterocycles. The third-order valence-corrected chi connectivity index (χ3v) is 4.04. The molecule has 0 aliphatic carbocycles. The molecule has 0 aliphatic heterocycles. The summed E-state index contributed by atoms with van der Waals surface area (Å²) < 4.78 is 11.3. The van der Waals surface area contributed by atoms with Gasteiger partial charge in [-0.1, -0.05) is 18.5 Å². The lowest BCUT2D eigenvalue weighted by molar-refractivity contribution is -0.125. The highest BCUT2D eigenvalue weighted by atomic mass is 127. The van der Waals surface area contributed by atoms with E-state index in [0.29, 0.717) is 23.6 Å². The molecule has 1 amide bonds. The summed E-state index contributed by atoms with van der Waals surface area (Å²) in [6.45, 7) is 3.74. The fraction of sp³-hybridized carbons (Fsp3) is 0.353. The lowest BCUT2D eigenvalue weighted by Gasteiger charge is -2.16. The van der Waals surface area contributed by atoms with Gasteiger partial charge in [0.05, 0.1) is 5.56 Å². The van der Waals surface area contributed by atoms with E-state index in [1.165, 1.54) is 0 Å². The third-order valence-electron chi connectivity index (χ3n) is 3.32. The average molecular weight is 442 g/mol. The largest absolute Gasteiger partial charge is 0.449 e. The minimum absolute atomic E-state index is 0.310. The van der Waals surface area contributed by atoms with Gasteiger partial charge in [-0.25, -0.2) is 4.79 Å². The van der Waals surface area contributed by atoms with Gasteiger partial charge in [-0.3, -0.25) is 4.79 Å². The van der Waals surface area contributed by atoms with Gasteiger partial charge >= 0.3 is 5.97 Å². The SMILES string of the molecule is CCCCC(OC(=O)c1ccc(I)cc1)C(=O)Nc1cc(C)on1. The quantitative estimate of drug-likeness (QED) is 0.519. The van der Waals surface area contributed by atoms with Crippen LogP contribution in [0.5, 0.6) is 0 Å². The van der Waals surface area contributed by atoms with Crippen molar-refractivity contribution in [2.45, 2.75) is 39.2 Å². The molecule has 0 bridgehead atoms. The summed E-state index contributed by atoms with van der Waals surface area (Å²) in [5.41, 5.74) is 0.419. The van der Waals surface area contributed by atoms with E-state index >= 15 is 0 Å². The molecule has 2 rings (SSSR count). The van der Waals surface area contributed by atoms with E-state index in [1.54, 1.807) is 25.1 Å². The molecule has 0 saturated carbocycles. The molecule has 1 aromatic carbocycles. The van der Waals surface area contributed by atoms with Crippen LogP contribution in [0.25, 0.3) is 0 Å². The first-order valence-electron chi connectivity index (χ1n) is 7.70. The Morgan fingerprint density at radius 1 is 1.33 bits per heavy atom. The summed E-state index contributed by atoms with van der Waals surface area (Å²) >= 11 is 2.16. The number of hydrogen-bond acceptors (Lipinski definition) is 5. The number of anilines is 1. The predicted octanol–water partition coefficient (Wildman–Crippen LogP) is 3.94. The average Bonchev–Trinajstić information content (AvgIpc) is 2.96. The summed E-state index contributed by atoms with van der Waals surface area (Å²) in [6, 6.07) is 8.60. The molecule has 0 radical (unpaired) electrons. The predicted molar refractivity (Wildman–Crippen MR) is 97.8 cm³/mol. The third kappa shape index (κ3) is 5.33. The fourth-order valence-electron chi connectivity index (χ4n) is 2.05. The Hall–Kier alpha value is -1.90. The Bertz CT molecular complexity index is 697. The maximum absolute atomic E-state index is 12.4. The molecule has 0 saturated heterocycles. The highest BCUT2D eigenvalue weighted by Gasteiger charge is 2.24. The number of nitrogens with zero attached hydrogens (tertiary/aromatic N) is 1. The molecule has 0 spiro atoms. The first-order chi connectivity index (χ1) is 11.5. The van der Waals surface area contributed by atoms with Crippen molar-refractivity contribution in [2.24, 2.45) is 0 Å². The number of esters is 1. The van der Waals surface area contributed by atoms with Gasteiger partial charge in [0.1, 0.15) is 5.76 Å². The van der Waals surface area contributed by atoms with Gasteiger partial charge in [-0.15, -0.1) is 0 Å². The molecule has 0 fully saturated rings. The van der Waals surface area contributed by atoms with Crippen LogP contribution in [0.3, 0.4) is 0 Å². The summed E-state index contributed by atoms with van der Waals surface area (Å²) in [5.74, 6) is -0.0230. The standard InChI is InChI=1S/C17H19IN2O4/c1-3-4-5-14(16(21)19-15-10-11(2)24-20-15)23-17(22)12-6-8-13(18)9-7-12/h6-10,14H,3-5H2,1-2H3,(H,19,20,21). The van der Waals surface area contributed by atoms with Crippen molar-refractivity contribution in [2.75, 3.05) is 5.32 Å². The van der Waals surface area contributed by atoms with Crippen LogP contribution in [0.1, 0.15) is 42.3 Å². The Kier molecular flexibility index (Phi) is 6.77. The van der Waals surface area contributed by atoms with E-state index in [-0.39, 0.29) is 0 Å². The van der Waals surface area contributed by atoms with Crippen LogP contribution in [0, 0.1) is 10.5 Å². The van der Waals surface area contributed by atoms with E-state index < -0.39 is 18.0 Å². The number of rotatable bonds is 7. The zero-order chi connectivity index (χ0) is 17.5. The van der Waals surface area contributed by atoms with Crippen LogP contribution in [0.4, 0.5) is 5.82 Å². The van der Waals surface area contributed by atoms with Crippen LogP contribution in [0.2, 0.25) is 0 Å². The van der Waals surface area contributed by atoms with E-state index in [4.69, 9.17) is 9.26 Å². The summed E-state index contributed by atoms with van der Waals surface area (Å²) in [7, 11) is 0.